The third-order valence-electron chi connectivity index (χ3n) is 2.45. The molecule has 0 unspecified atom stereocenters. The minimum absolute atomic E-state index is 0.420. The van der Waals surface area contributed by atoms with E-state index < -0.39 is 32.7 Å². The SMILES string of the molecule is CC[C@@H](C)NS(=O)(=O)c1ccccc1C(F)(F)F. The van der Waals surface area contributed by atoms with Crippen molar-refractivity contribution in [2.45, 2.75) is 37.4 Å². The summed E-state index contributed by atoms with van der Waals surface area (Å²) in [6.07, 6.45) is -4.20. The van der Waals surface area contributed by atoms with Crippen molar-refractivity contribution in [3.8, 4) is 0 Å². The summed E-state index contributed by atoms with van der Waals surface area (Å²) in [4.78, 5) is -0.738. The van der Waals surface area contributed by atoms with E-state index >= 15 is 0 Å². The number of nitrogens with one attached hydrogen (secondary N) is 1. The number of hydrogen-bond acceptors (Lipinski definition) is 2. The van der Waals surface area contributed by atoms with E-state index in [0.717, 1.165) is 18.2 Å². The number of benzene rings is 1. The monoisotopic (exact) mass is 281 g/mol. The molecule has 0 aliphatic carbocycles. The molecule has 0 bridgehead atoms. The summed E-state index contributed by atoms with van der Waals surface area (Å²) >= 11 is 0. The Morgan fingerprint density at radius 3 is 2.33 bits per heavy atom. The molecule has 102 valence electrons. The molecule has 0 fully saturated rings. The lowest BCUT2D eigenvalue weighted by Gasteiger charge is -2.16. The lowest BCUT2D eigenvalue weighted by molar-refractivity contribution is -0.139. The van der Waals surface area contributed by atoms with Crippen LogP contribution in [0.25, 0.3) is 0 Å². The van der Waals surface area contributed by atoms with Crippen molar-refractivity contribution in [1.82, 2.24) is 4.72 Å². The number of hydrogen-bond donors (Lipinski definition) is 1. The van der Waals surface area contributed by atoms with Crippen LogP contribution in [0.1, 0.15) is 25.8 Å². The van der Waals surface area contributed by atoms with E-state index in [1.165, 1.54) is 6.07 Å². The molecule has 1 atom stereocenters. The van der Waals surface area contributed by atoms with Crippen LogP contribution < -0.4 is 4.72 Å². The van der Waals surface area contributed by atoms with Crippen molar-refractivity contribution in [3.63, 3.8) is 0 Å². The zero-order valence-electron chi connectivity index (χ0n) is 9.95. The van der Waals surface area contributed by atoms with Gasteiger partial charge in [-0.15, -0.1) is 0 Å². The van der Waals surface area contributed by atoms with Crippen molar-refractivity contribution < 1.29 is 21.6 Å². The van der Waals surface area contributed by atoms with Gasteiger partial charge >= 0.3 is 6.18 Å². The van der Waals surface area contributed by atoms with E-state index in [0.29, 0.717) is 6.42 Å². The molecule has 0 amide bonds. The highest BCUT2D eigenvalue weighted by Gasteiger charge is 2.36. The fourth-order valence-corrected chi connectivity index (χ4v) is 2.90. The third-order valence-corrected chi connectivity index (χ3v) is 4.10. The quantitative estimate of drug-likeness (QED) is 0.922. The average Bonchev–Trinajstić information content (AvgIpc) is 2.27. The summed E-state index contributed by atoms with van der Waals surface area (Å²) in [6.45, 7) is 3.33. The Morgan fingerprint density at radius 2 is 1.83 bits per heavy atom. The highest BCUT2D eigenvalue weighted by molar-refractivity contribution is 7.89. The maximum absolute atomic E-state index is 12.7. The van der Waals surface area contributed by atoms with Gasteiger partial charge in [-0.3, -0.25) is 0 Å². The van der Waals surface area contributed by atoms with Crippen LogP contribution in [-0.2, 0) is 16.2 Å². The highest BCUT2D eigenvalue weighted by Crippen LogP contribution is 2.33. The lowest BCUT2D eigenvalue weighted by Crippen LogP contribution is -2.33. The first-order valence-corrected chi connectivity index (χ1v) is 6.85. The Kier molecular flexibility index (Phi) is 4.39. The summed E-state index contributed by atoms with van der Waals surface area (Å²) in [6, 6.07) is 3.71. The lowest BCUT2D eigenvalue weighted by atomic mass is 10.2. The van der Waals surface area contributed by atoms with Crippen LogP contribution in [0, 0.1) is 0 Å². The smallest absolute Gasteiger partial charge is 0.208 e. The molecule has 0 aliphatic heterocycles. The topological polar surface area (TPSA) is 46.2 Å². The van der Waals surface area contributed by atoms with Crippen LogP contribution in [0.5, 0.6) is 0 Å². The summed E-state index contributed by atoms with van der Waals surface area (Å²) in [5.74, 6) is 0. The van der Waals surface area contributed by atoms with Gasteiger partial charge in [0.2, 0.25) is 10.0 Å². The van der Waals surface area contributed by atoms with Crippen LogP contribution >= 0.6 is 0 Å². The summed E-state index contributed by atoms with van der Waals surface area (Å²) in [5.41, 5.74) is -1.15. The van der Waals surface area contributed by atoms with Gasteiger partial charge in [0.1, 0.15) is 0 Å². The van der Waals surface area contributed by atoms with Gasteiger partial charge in [-0.05, 0) is 25.5 Å². The molecule has 1 rings (SSSR count). The standard InChI is InChI=1S/C11H14F3NO2S/c1-3-8(2)15-18(16,17)10-7-5-4-6-9(10)11(12,13)14/h4-8,15H,3H2,1-2H3/t8-/m1/s1. The second-order valence-electron chi connectivity index (χ2n) is 3.92. The van der Waals surface area contributed by atoms with Crippen molar-refractivity contribution >= 4 is 10.0 Å². The molecular weight excluding hydrogens is 267 g/mol. The first kappa shape index (κ1) is 15.0. The molecule has 0 heterocycles. The highest BCUT2D eigenvalue weighted by atomic mass is 32.2. The van der Waals surface area contributed by atoms with Crippen molar-refractivity contribution in [2.24, 2.45) is 0 Å². The van der Waals surface area contributed by atoms with Crippen LogP contribution in [0.15, 0.2) is 29.2 Å². The Morgan fingerprint density at radius 1 is 1.28 bits per heavy atom. The fraction of sp³-hybridized carbons (Fsp3) is 0.455. The number of sulfonamides is 1. The van der Waals surface area contributed by atoms with E-state index in [1.807, 2.05) is 0 Å². The van der Waals surface area contributed by atoms with Gasteiger partial charge in [0.15, 0.2) is 0 Å². The van der Waals surface area contributed by atoms with Crippen LogP contribution in [0.2, 0.25) is 0 Å². The molecule has 0 radical (unpaired) electrons. The van der Waals surface area contributed by atoms with Crippen LogP contribution in [0.4, 0.5) is 13.2 Å². The largest absolute Gasteiger partial charge is 0.417 e. The van der Waals surface area contributed by atoms with Crippen molar-refractivity contribution in [2.75, 3.05) is 0 Å². The minimum Gasteiger partial charge on any atom is -0.208 e. The zero-order valence-corrected chi connectivity index (χ0v) is 10.8. The maximum Gasteiger partial charge on any atom is 0.417 e. The molecule has 0 aromatic heterocycles. The Hall–Kier alpha value is -1.08. The first-order chi connectivity index (χ1) is 8.18. The van der Waals surface area contributed by atoms with Crippen LogP contribution in [-0.4, -0.2) is 14.5 Å². The van der Waals surface area contributed by atoms with E-state index in [2.05, 4.69) is 4.72 Å². The Balaban J connectivity index is 3.25. The molecule has 0 spiro atoms. The predicted molar refractivity (Wildman–Crippen MR) is 61.5 cm³/mol. The van der Waals surface area contributed by atoms with E-state index in [1.54, 1.807) is 13.8 Å². The average molecular weight is 281 g/mol. The van der Waals surface area contributed by atoms with Gasteiger partial charge in [0.05, 0.1) is 10.5 Å². The zero-order chi connectivity index (χ0) is 14.0. The van der Waals surface area contributed by atoms with Gasteiger partial charge < -0.3 is 0 Å². The second kappa shape index (κ2) is 5.27. The summed E-state index contributed by atoms with van der Waals surface area (Å²) < 4.78 is 64.0. The predicted octanol–water partition coefficient (Wildman–Crippen LogP) is 2.78. The van der Waals surface area contributed by atoms with Crippen molar-refractivity contribution in [3.05, 3.63) is 29.8 Å². The molecule has 7 heteroatoms. The number of alkyl halides is 3. The van der Waals surface area contributed by atoms with Gasteiger partial charge in [-0.25, -0.2) is 13.1 Å². The minimum atomic E-state index is -4.69. The van der Waals surface area contributed by atoms with E-state index in [-0.39, 0.29) is 0 Å². The number of halogens is 3. The molecule has 0 aliphatic rings. The Bertz CT molecular complexity index is 511. The molecule has 18 heavy (non-hydrogen) atoms. The van der Waals surface area contributed by atoms with Crippen molar-refractivity contribution in [1.29, 1.82) is 0 Å². The van der Waals surface area contributed by atoms with E-state index in [4.69, 9.17) is 0 Å². The maximum atomic E-state index is 12.7. The molecule has 1 N–H and O–H groups in total. The molecule has 1 aromatic carbocycles. The van der Waals surface area contributed by atoms with E-state index in [9.17, 15) is 21.6 Å². The second-order valence-corrected chi connectivity index (χ2v) is 5.61. The molecule has 0 saturated heterocycles. The van der Waals surface area contributed by atoms with Crippen LogP contribution in [0.3, 0.4) is 0 Å². The molecule has 0 saturated carbocycles. The molecule has 3 nitrogen and oxygen atoms in total. The van der Waals surface area contributed by atoms with Gasteiger partial charge in [0.25, 0.3) is 0 Å². The first-order valence-electron chi connectivity index (χ1n) is 5.37. The third kappa shape index (κ3) is 3.46. The van der Waals surface area contributed by atoms with Gasteiger partial charge in [-0.2, -0.15) is 13.2 Å². The molecular formula is C11H14F3NO2S. The summed E-state index contributed by atoms with van der Waals surface area (Å²) in [7, 11) is -4.16. The summed E-state index contributed by atoms with van der Waals surface area (Å²) in [5, 5.41) is 0. The fourth-order valence-electron chi connectivity index (χ4n) is 1.35. The van der Waals surface area contributed by atoms with Gasteiger partial charge in [-0.1, -0.05) is 19.1 Å². The normalized spacial score (nSPS) is 14.5. The Labute approximate surface area is 104 Å². The number of rotatable bonds is 4. The van der Waals surface area contributed by atoms with Gasteiger partial charge in [0, 0.05) is 6.04 Å². The molecule has 1 aromatic rings.